The highest BCUT2D eigenvalue weighted by Gasteiger charge is 2.45. The third kappa shape index (κ3) is 5.41. The zero-order valence-corrected chi connectivity index (χ0v) is 18.4. The summed E-state index contributed by atoms with van der Waals surface area (Å²) in [6.07, 6.45) is 1.82. The number of carbonyl (C=O) groups is 3. The second-order valence-electron chi connectivity index (χ2n) is 9.55. The lowest BCUT2D eigenvalue weighted by molar-refractivity contribution is -0.146. The number of amides is 1. The van der Waals surface area contributed by atoms with E-state index in [2.05, 4.69) is 0 Å². The number of carbonyl (C=O) groups excluding carboxylic acids is 3. The van der Waals surface area contributed by atoms with Crippen LogP contribution in [-0.4, -0.2) is 48.0 Å². The molecule has 2 heterocycles. The molecular formula is C24H33NO5. The van der Waals surface area contributed by atoms with Gasteiger partial charge in [0.2, 0.25) is 0 Å². The second kappa shape index (κ2) is 9.19. The first-order valence-electron chi connectivity index (χ1n) is 10.9. The van der Waals surface area contributed by atoms with E-state index in [-0.39, 0.29) is 35.6 Å². The van der Waals surface area contributed by atoms with Crippen molar-refractivity contribution in [3.63, 3.8) is 0 Å². The first kappa shape index (κ1) is 22.3. The molecule has 2 aliphatic rings. The molecule has 0 saturated carbocycles. The molecule has 3 rings (SSSR count). The van der Waals surface area contributed by atoms with Crippen LogP contribution in [0.25, 0.3) is 0 Å². The van der Waals surface area contributed by atoms with Crippen LogP contribution < -0.4 is 0 Å². The molecule has 6 nitrogen and oxygen atoms in total. The maximum absolute atomic E-state index is 13.3. The number of ether oxygens (including phenoxy) is 2. The molecule has 2 fully saturated rings. The molecule has 0 radical (unpaired) electrons. The quantitative estimate of drug-likeness (QED) is 0.539. The normalized spacial score (nSPS) is 23.7. The molecule has 164 valence electrons. The average Bonchev–Trinajstić information content (AvgIpc) is 3.06. The third-order valence-corrected chi connectivity index (χ3v) is 6.16. The molecule has 0 aliphatic carbocycles. The van der Waals surface area contributed by atoms with Crippen molar-refractivity contribution >= 4 is 17.8 Å². The zero-order valence-electron chi connectivity index (χ0n) is 18.4. The minimum absolute atomic E-state index is 0.0193. The number of esters is 1. The van der Waals surface area contributed by atoms with E-state index < -0.39 is 11.5 Å². The van der Waals surface area contributed by atoms with Gasteiger partial charge in [0.05, 0.1) is 6.61 Å². The van der Waals surface area contributed by atoms with Gasteiger partial charge in [-0.25, -0.2) is 4.79 Å². The van der Waals surface area contributed by atoms with Crippen molar-refractivity contribution in [1.29, 1.82) is 0 Å². The largest absolute Gasteiger partial charge is 0.465 e. The molecular weight excluding hydrogens is 382 g/mol. The summed E-state index contributed by atoms with van der Waals surface area (Å²) in [5.74, 6) is -1.30. The van der Waals surface area contributed by atoms with Gasteiger partial charge in [0.25, 0.3) is 0 Å². The highest BCUT2D eigenvalue weighted by Crippen LogP contribution is 2.34. The van der Waals surface area contributed by atoms with Crippen LogP contribution in [0.3, 0.4) is 0 Å². The van der Waals surface area contributed by atoms with Gasteiger partial charge in [0.1, 0.15) is 11.5 Å². The van der Waals surface area contributed by atoms with Gasteiger partial charge in [0.15, 0.2) is 5.78 Å². The molecule has 6 heteroatoms. The van der Waals surface area contributed by atoms with E-state index in [0.717, 1.165) is 18.4 Å². The number of hydrogen-bond acceptors (Lipinski definition) is 5. The Morgan fingerprint density at radius 1 is 1.17 bits per heavy atom. The Labute approximate surface area is 178 Å². The van der Waals surface area contributed by atoms with Crippen LogP contribution in [0.4, 0.5) is 4.79 Å². The zero-order chi connectivity index (χ0) is 21.9. The molecule has 30 heavy (non-hydrogen) atoms. The summed E-state index contributed by atoms with van der Waals surface area (Å²) in [5.41, 5.74) is 0.588. The minimum atomic E-state index is -0.691. The number of Topliss-reactive ketones (excluding diaryl/α,β-unsaturated/α-hetero) is 1. The molecule has 0 spiro atoms. The monoisotopic (exact) mass is 415 g/mol. The fourth-order valence-corrected chi connectivity index (χ4v) is 4.43. The summed E-state index contributed by atoms with van der Waals surface area (Å²) in [7, 11) is 0. The molecule has 1 amide bonds. The van der Waals surface area contributed by atoms with Crippen molar-refractivity contribution in [2.45, 2.75) is 52.6 Å². The summed E-state index contributed by atoms with van der Waals surface area (Å²) in [4.78, 5) is 39.6. The first-order valence-corrected chi connectivity index (χ1v) is 10.9. The summed E-state index contributed by atoms with van der Waals surface area (Å²) in [5, 5.41) is 0. The minimum Gasteiger partial charge on any atom is -0.465 e. The van der Waals surface area contributed by atoms with Crippen LogP contribution in [0.5, 0.6) is 0 Å². The van der Waals surface area contributed by atoms with Crippen molar-refractivity contribution in [2.24, 2.45) is 23.7 Å². The van der Waals surface area contributed by atoms with E-state index in [4.69, 9.17) is 9.47 Å². The van der Waals surface area contributed by atoms with Gasteiger partial charge in [0, 0.05) is 24.9 Å². The molecule has 0 aromatic heterocycles. The molecule has 3 atom stereocenters. The van der Waals surface area contributed by atoms with Gasteiger partial charge < -0.3 is 14.4 Å². The lowest BCUT2D eigenvalue weighted by atomic mass is 9.75. The highest BCUT2D eigenvalue weighted by atomic mass is 16.6. The number of nitrogens with zero attached hydrogens (tertiary/aromatic N) is 1. The number of hydrogen-bond donors (Lipinski definition) is 0. The SMILES string of the molecule is C[C@H](C(=O)C1C(=O)OC[C@@H]1Cc1ccccc1)C1CCN(C(=O)OC(C)(C)C)CC1. The van der Waals surface area contributed by atoms with E-state index in [1.807, 2.05) is 58.0 Å². The lowest BCUT2D eigenvalue weighted by Gasteiger charge is -2.35. The van der Waals surface area contributed by atoms with Gasteiger partial charge in [-0.2, -0.15) is 0 Å². The van der Waals surface area contributed by atoms with Crippen LogP contribution in [0.1, 0.15) is 46.1 Å². The number of benzene rings is 1. The first-order chi connectivity index (χ1) is 14.2. The summed E-state index contributed by atoms with van der Waals surface area (Å²) in [6.45, 7) is 8.91. The number of piperidine rings is 1. The molecule has 1 aromatic carbocycles. The fraction of sp³-hybridized carbons (Fsp3) is 0.625. The Morgan fingerprint density at radius 2 is 1.80 bits per heavy atom. The van der Waals surface area contributed by atoms with Gasteiger partial charge in [-0.3, -0.25) is 9.59 Å². The Hall–Kier alpha value is -2.37. The Bertz CT molecular complexity index is 762. The predicted molar refractivity (Wildman–Crippen MR) is 113 cm³/mol. The van der Waals surface area contributed by atoms with Gasteiger partial charge >= 0.3 is 12.1 Å². The van der Waals surface area contributed by atoms with Crippen molar-refractivity contribution in [1.82, 2.24) is 4.90 Å². The summed E-state index contributed by atoms with van der Waals surface area (Å²) < 4.78 is 10.7. The van der Waals surface area contributed by atoms with Crippen LogP contribution in [0, 0.1) is 23.7 Å². The predicted octanol–water partition coefficient (Wildman–Crippen LogP) is 3.87. The molecule has 0 N–H and O–H groups in total. The van der Waals surface area contributed by atoms with E-state index in [1.165, 1.54) is 0 Å². The van der Waals surface area contributed by atoms with Crippen LogP contribution in [0.15, 0.2) is 30.3 Å². The lowest BCUT2D eigenvalue weighted by Crippen LogP contribution is -2.44. The van der Waals surface area contributed by atoms with Crippen LogP contribution in [-0.2, 0) is 25.5 Å². The van der Waals surface area contributed by atoms with Crippen molar-refractivity contribution < 1.29 is 23.9 Å². The van der Waals surface area contributed by atoms with Crippen molar-refractivity contribution in [3.8, 4) is 0 Å². The summed E-state index contributed by atoms with van der Waals surface area (Å²) >= 11 is 0. The Balaban J connectivity index is 1.58. The van der Waals surface area contributed by atoms with E-state index in [9.17, 15) is 14.4 Å². The van der Waals surface area contributed by atoms with Crippen LogP contribution in [0.2, 0.25) is 0 Å². The van der Waals surface area contributed by atoms with Gasteiger partial charge in [-0.1, -0.05) is 37.3 Å². The number of ketones is 1. The number of likely N-dealkylation sites (tertiary alicyclic amines) is 1. The molecule has 0 bridgehead atoms. The van der Waals surface area contributed by atoms with Crippen molar-refractivity contribution in [3.05, 3.63) is 35.9 Å². The van der Waals surface area contributed by atoms with Gasteiger partial charge in [-0.05, 0) is 51.5 Å². The fourth-order valence-electron chi connectivity index (χ4n) is 4.43. The smallest absolute Gasteiger partial charge is 0.410 e. The van der Waals surface area contributed by atoms with Crippen molar-refractivity contribution in [2.75, 3.05) is 19.7 Å². The second-order valence-corrected chi connectivity index (χ2v) is 9.55. The Morgan fingerprint density at radius 3 is 2.40 bits per heavy atom. The molecule has 1 aromatic rings. The van der Waals surface area contributed by atoms with Crippen LogP contribution >= 0.6 is 0 Å². The Kier molecular flexibility index (Phi) is 6.84. The molecule has 1 unspecified atom stereocenters. The average molecular weight is 416 g/mol. The topological polar surface area (TPSA) is 72.9 Å². The highest BCUT2D eigenvalue weighted by molar-refractivity contribution is 6.01. The standard InChI is InChI=1S/C24H33NO5/c1-16(18-10-12-25(13-11-18)23(28)30-24(2,3)4)21(26)20-19(15-29-22(20)27)14-17-8-6-5-7-9-17/h5-9,16,18-20H,10-15H2,1-4H3/t16-,19-,20?/m0/s1. The summed E-state index contributed by atoms with van der Waals surface area (Å²) in [6, 6.07) is 9.91. The molecule has 2 aliphatic heterocycles. The number of cyclic esters (lactones) is 1. The van der Waals surface area contributed by atoms with E-state index in [0.29, 0.717) is 26.1 Å². The molecule has 2 saturated heterocycles. The maximum Gasteiger partial charge on any atom is 0.410 e. The maximum atomic E-state index is 13.3. The van der Waals surface area contributed by atoms with E-state index >= 15 is 0 Å². The van der Waals surface area contributed by atoms with E-state index in [1.54, 1.807) is 4.90 Å². The van der Waals surface area contributed by atoms with Gasteiger partial charge in [-0.15, -0.1) is 0 Å². The number of rotatable bonds is 5. The third-order valence-electron chi connectivity index (χ3n) is 6.16.